The van der Waals surface area contributed by atoms with E-state index in [0.717, 1.165) is 11.3 Å². The van der Waals surface area contributed by atoms with Crippen LogP contribution >= 0.6 is 0 Å². The molecule has 0 N–H and O–H groups in total. The molecule has 1 aliphatic heterocycles. The zero-order valence-corrected chi connectivity index (χ0v) is 12.5. The first-order valence-corrected chi connectivity index (χ1v) is 7.45. The molecule has 1 amide bonds. The molecule has 3 heterocycles. The van der Waals surface area contributed by atoms with E-state index in [1.807, 2.05) is 17.9 Å². The van der Waals surface area contributed by atoms with Crippen LogP contribution in [0.15, 0.2) is 30.7 Å². The maximum absolute atomic E-state index is 12.5. The third-order valence-corrected chi connectivity index (χ3v) is 3.70. The monoisotopic (exact) mass is 298 g/mol. The van der Waals surface area contributed by atoms with E-state index in [-0.39, 0.29) is 5.91 Å². The molecular weight excluding hydrogens is 280 g/mol. The van der Waals surface area contributed by atoms with Gasteiger partial charge in [0.2, 0.25) is 5.88 Å². The zero-order valence-electron chi connectivity index (χ0n) is 12.5. The van der Waals surface area contributed by atoms with E-state index in [0.29, 0.717) is 44.1 Å². The highest BCUT2D eigenvalue weighted by Gasteiger charge is 2.23. The number of rotatable bonds is 3. The molecule has 0 unspecified atom stereocenters. The maximum atomic E-state index is 12.5. The summed E-state index contributed by atoms with van der Waals surface area (Å²) in [7, 11) is 0. The minimum atomic E-state index is -0.0423. The number of hydrogen-bond acceptors (Lipinski definition) is 5. The molecule has 0 atom stereocenters. The lowest BCUT2D eigenvalue weighted by atomic mass is 10.1. The summed E-state index contributed by atoms with van der Waals surface area (Å²) in [6.07, 6.45) is 4.57. The second kappa shape index (κ2) is 6.51. The molecule has 22 heavy (non-hydrogen) atoms. The molecule has 0 aromatic carbocycles. The van der Waals surface area contributed by atoms with Gasteiger partial charge in [-0.15, -0.1) is 0 Å². The Hall–Kier alpha value is -2.50. The van der Waals surface area contributed by atoms with Crippen LogP contribution in [-0.2, 0) is 12.8 Å². The van der Waals surface area contributed by atoms with Gasteiger partial charge in [-0.3, -0.25) is 9.78 Å². The number of pyridine rings is 1. The third-order valence-electron chi connectivity index (χ3n) is 3.70. The standard InChI is InChI=1S/C16H18N4O2/c1-2-22-15-12-6-9-20(10-7-13(12)18-11-19-15)16(21)14-5-3-4-8-17-14/h3-5,8,11H,2,6-7,9-10H2,1H3. The van der Waals surface area contributed by atoms with E-state index in [4.69, 9.17) is 4.74 Å². The molecule has 2 aromatic rings. The molecule has 0 saturated carbocycles. The predicted octanol–water partition coefficient (Wildman–Crippen LogP) is 1.51. The summed E-state index contributed by atoms with van der Waals surface area (Å²) >= 11 is 0. The Labute approximate surface area is 129 Å². The molecule has 1 aliphatic rings. The summed E-state index contributed by atoms with van der Waals surface area (Å²) in [6.45, 7) is 3.75. The molecule has 114 valence electrons. The van der Waals surface area contributed by atoms with Crippen molar-refractivity contribution < 1.29 is 9.53 Å². The van der Waals surface area contributed by atoms with Crippen LogP contribution in [0, 0.1) is 0 Å². The van der Waals surface area contributed by atoms with Gasteiger partial charge in [0, 0.05) is 31.3 Å². The molecule has 0 saturated heterocycles. The van der Waals surface area contributed by atoms with Crippen LogP contribution in [0.1, 0.15) is 28.7 Å². The highest BCUT2D eigenvalue weighted by atomic mass is 16.5. The van der Waals surface area contributed by atoms with E-state index in [9.17, 15) is 4.79 Å². The second-order valence-corrected chi connectivity index (χ2v) is 5.04. The van der Waals surface area contributed by atoms with Crippen molar-refractivity contribution in [1.82, 2.24) is 19.9 Å². The highest BCUT2D eigenvalue weighted by molar-refractivity contribution is 5.92. The van der Waals surface area contributed by atoms with Gasteiger partial charge in [0.25, 0.3) is 5.91 Å². The summed E-state index contributed by atoms with van der Waals surface area (Å²) in [4.78, 5) is 27.0. The van der Waals surface area contributed by atoms with Gasteiger partial charge in [0.15, 0.2) is 0 Å². The number of hydrogen-bond donors (Lipinski definition) is 0. The number of carbonyl (C=O) groups is 1. The van der Waals surface area contributed by atoms with Crippen LogP contribution in [0.25, 0.3) is 0 Å². The molecule has 0 fully saturated rings. The van der Waals surface area contributed by atoms with Gasteiger partial charge in [0.05, 0.1) is 12.3 Å². The van der Waals surface area contributed by atoms with Crippen molar-refractivity contribution in [3.05, 3.63) is 47.7 Å². The largest absolute Gasteiger partial charge is 0.478 e. The van der Waals surface area contributed by atoms with Crippen LogP contribution in [0.2, 0.25) is 0 Å². The lowest BCUT2D eigenvalue weighted by Gasteiger charge is -2.19. The molecule has 6 heteroatoms. The first kappa shape index (κ1) is 14.4. The van der Waals surface area contributed by atoms with Gasteiger partial charge >= 0.3 is 0 Å². The normalized spacial score (nSPS) is 14.1. The Morgan fingerprint density at radius 2 is 2.09 bits per heavy atom. The lowest BCUT2D eigenvalue weighted by molar-refractivity contribution is 0.0757. The number of aromatic nitrogens is 3. The average Bonchev–Trinajstić information content (AvgIpc) is 2.79. The molecule has 0 radical (unpaired) electrons. The number of ether oxygens (including phenoxy) is 1. The number of nitrogens with zero attached hydrogens (tertiary/aromatic N) is 4. The van der Waals surface area contributed by atoms with Gasteiger partial charge in [-0.25, -0.2) is 9.97 Å². The fraction of sp³-hybridized carbons (Fsp3) is 0.375. The fourth-order valence-corrected chi connectivity index (χ4v) is 2.61. The number of carbonyl (C=O) groups excluding carboxylic acids is 1. The van der Waals surface area contributed by atoms with E-state index in [2.05, 4.69) is 15.0 Å². The number of fused-ring (bicyclic) bond motifs is 1. The fourth-order valence-electron chi connectivity index (χ4n) is 2.61. The Balaban J connectivity index is 1.79. The van der Waals surface area contributed by atoms with Gasteiger partial charge in [-0.05, 0) is 25.5 Å². The SMILES string of the molecule is CCOc1ncnc2c1CCN(C(=O)c1ccccn1)CC2. The van der Waals surface area contributed by atoms with Crippen molar-refractivity contribution in [2.45, 2.75) is 19.8 Å². The van der Waals surface area contributed by atoms with E-state index in [1.54, 1.807) is 18.3 Å². The first-order chi connectivity index (χ1) is 10.8. The van der Waals surface area contributed by atoms with Crippen molar-refractivity contribution in [2.24, 2.45) is 0 Å². The van der Waals surface area contributed by atoms with Crippen LogP contribution in [0.4, 0.5) is 0 Å². The topological polar surface area (TPSA) is 68.2 Å². The minimum absolute atomic E-state index is 0.0423. The third kappa shape index (κ3) is 2.90. The highest BCUT2D eigenvalue weighted by Crippen LogP contribution is 2.22. The van der Waals surface area contributed by atoms with E-state index < -0.39 is 0 Å². The summed E-state index contributed by atoms with van der Waals surface area (Å²) in [5.41, 5.74) is 2.46. The molecule has 0 spiro atoms. The Kier molecular flexibility index (Phi) is 4.27. The molecule has 2 aromatic heterocycles. The van der Waals surface area contributed by atoms with Gasteiger partial charge in [-0.1, -0.05) is 6.07 Å². The van der Waals surface area contributed by atoms with Gasteiger partial charge in [0.1, 0.15) is 12.0 Å². The number of amides is 1. The average molecular weight is 298 g/mol. The zero-order chi connectivity index (χ0) is 15.4. The van der Waals surface area contributed by atoms with Crippen LogP contribution in [0.3, 0.4) is 0 Å². The molecule has 6 nitrogen and oxygen atoms in total. The van der Waals surface area contributed by atoms with Crippen LogP contribution in [0.5, 0.6) is 5.88 Å². The molecule has 0 bridgehead atoms. The van der Waals surface area contributed by atoms with Crippen molar-refractivity contribution in [3.8, 4) is 5.88 Å². The Bertz CT molecular complexity index is 660. The summed E-state index contributed by atoms with van der Waals surface area (Å²) in [5.74, 6) is 0.596. The predicted molar refractivity (Wildman–Crippen MR) is 80.7 cm³/mol. The van der Waals surface area contributed by atoms with E-state index in [1.165, 1.54) is 6.33 Å². The minimum Gasteiger partial charge on any atom is -0.478 e. The van der Waals surface area contributed by atoms with Gasteiger partial charge < -0.3 is 9.64 Å². The van der Waals surface area contributed by atoms with Crippen molar-refractivity contribution in [2.75, 3.05) is 19.7 Å². The maximum Gasteiger partial charge on any atom is 0.272 e. The first-order valence-electron chi connectivity index (χ1n) is 7.45. The van der Waals surface area contributed by atoms with Gasteiger partial charge in [-0.2, -0.15) is 0 Å². The van der Waals surface area contributed by atoms with Crippen LogP contribution < -0.4 is 4.74 Å². The van der Waals surface area contributed by atoms with Crippen molar-refractivity contribution in [1.29, 1.82) is 0 Å². The molecule has 0 aliphatic carbocycles. The summed E-state index contributed by atoms with van der Waals surface area (Å²) in [5, 5.41) is 0. The smallest absolute Gasteiger partial charge is 0.272 e. The Morgan fingerprint density at radius 1 is 1.23 bits per heavy atom. The quantitative estimate of drug-likeness (QED) is 0.859. The van der Waals surface area contributed by atoms with Crippen LogP contribution in [-0.4, -0.2) is 45.5 Å². The molecule has 3 rings (SSSR count). The van der Waals surface area contributed by atoms with Crippen molar-refractivity contribution in [3.63, 3.8) is 0 Å². The Morgan fingerprint density at radius 3 is 2.86 bits per heavy atom. The lowest BCUT2D eigenvalue weighted by Crippen LogP contribution is -2.33. The summed E-state index contributed by atoms with van der Waals surface area (Å²) < 4.78 is 5.57. The molecular formula is C16H18N4O2. The van der Waals surface area contributed by atoms with E-state index >= 15 is 0 Å². The summed E-state index contributed by atoms with van der Waals surface area (Å²) in [6, 6.07) is 5.37. The van der Waals surface area contributed by atoms with Crippen molar-refractivity contribution >= 4 is 5.91 Å². The second-order valence-electron chi connectivity index (χ2n) is 5.04.